The minimum Gasteiger partial charge on any atom is -0.368 e. The Bertz CT molecular complexity index is 324. The summed E-state index contributed by atoms with van der Waals surface area (Å²) >= 11 is 0. The van der Waals surface area contributed by atoms with Crippen LogP contribution < -0.4 is 11.5 Å². The zero-order valence-corrected chi connectivity index (χ0v) is 15.3. The van der Waals surface area contributed by atoms with Crippen LogP contribution in [-0.4, -0.2) is 59.6 Å². The van der Waals surface area contributed by atoms with E-state index in [1.807, 2.05) is 0 Å². The van der Waals surface area contributed by atoms with E-state index in [2.05, 4.69) is 9.98 Å². The van der Waals surface area contributed by atoms with Gasteiger partial charge in [0.1, 0.15) is 0 Å². The average molecular weight is 345 g/mol. The Balaban J connectivity index is 3.26. The minimum absolute atomic E-state index is 0.173. The third kappa shape index (κ3) is 14.1. The van der Waals surface area contributed by atoms with Gasteiger partial charge in [0.05, 0.1) is 0 Å². The van der Waals surface area contributed by atoms with Crippen molar-refractivity contribution in [2.75, 3.05) is 27.2 Å². The van der Waals surface area contributed by atoms with Crippen LogP contribution in [0.3, 0.4) is 0 Å². The highest BCUT2D eigenvalue weighted by Crippen LogP contribution is 2.10. The molecule has 24 heavy (non-hydrogen) atoms. The van der Waals surface area contributed by atoms with E-state index in [0.29, 0.717) is 13.1 Å². The molecule has 0 radical (unpaired) electrons. The summed E-state index contributed by atoms with van der Waals surface area (Å²) in [5.74, 6) is 0.346. The monoisotopic (exact) mass is 344 g/mol. The molecule has 0 aromatic rings. The highest BCUT2D eigenvalue weighted by Gasteiger charge is 1.97. The zero-order chi connectivity index (χ0) is 18.2. The lowest BCUT2D eigenvalue weighted by Crippen LogP contribution is -2.31. The molecule has 0 aliphatic carbocycles. The lowest BCUT2D eigenvalue weighted by molar-refractivity contribution is 0.0115. The SMILES string of the molecule is CN(O)C(N)=NCCCCCCCCCCCCN=C(N)N(C)O. The molecule has 0 saturated heterocycles. The molecule has 0 fully saturated rings. The molecule has 0 atom stereocenters. The second kappa shape index (κ2) is 15.0. The van der Waals surface area contributed by atoms with E-state index in [0.717, 1.165) is 35.8 Å². The second-order valence-electron chi connectivity index (χ2n) is 6.06. The van der Waals surface area contributed by atoms with Gasteiger partial charge in [-0.15, -0.1) is 0 Å². The zero-order valence-electron chi connectivity index (χ0n) is 15.3. The van der Waals surface area contributed by atoms with E-state index in [9.17, 15) is 0 Å². The molecule has 8 heteroatoms. The van der Waals surface area contributed by atoms with Crippen LogP contribution in [0.5, 0.6) is 0 Å². The summed E-state index contributed by atoms with van der Waals surface area (Å²) in [5, 5.41) is 19.7. The third-order valence-corrected chi connectivity index (χ3v) is 3.78. The molecule has 6 N–H and O–H groups in total. The Hall–Kier alpha value is -1.54. The van der Waals surface area contributed by atoms with Crippen LogP contribution in [0, 0.1) is 0 Å². The van der Waals surface area contributed by atoms with Gasteiger partial charge in [-0.1, -0.05) is 51.4 Å². The molecular weight excluding hydrogens is 308 g/mol. The molecule has 142 valence electrons. The quantitative estimate of drug-likeness (QED) is 0.176. The predicted octanol–water partition coefficient (Wildman–Crippen LogP) is 2.16. The number of nitrogens with two attached hydrogens (primary N) is 2. The molecule has 0 heterocycles. The lowest BCUT2D eigenvalue weighted by atomic mass is 10.1. The first-order valence-electron chi connectivity index (χ1n) is 8.90. The number of hydrogen-bond donors (Lipinski definition) is 4. The van der Waals surface area contributed by atoms with E-state index < -0.39 is 0 Å². The number of guanidine groups is 2. The predicted molar refractivity (Wildman–Crippen MR) is 98.2 cm³/mol. The Morgan fingerprint density at radius 2 is 0.875 bits per heavy atom. The molecule has 0 amide bonds. The Morgan fingerprint density at radius 1 is 0.625 bits per heavy atom. The average Bonchev–Trinajstić information content (AvgIpc) is 2.54. The van der Waals surface area contributed by atoms with Crippen molar-refractivity contribution < 1.29 is 10.4 Å². The maximum Gasteiger partial charge on any atom is 0.215 e. The van der Waals surface area contributed by atoms with Crippen molar-refractivity contribution in [2.45, 2.75) is 64.2 Å². The molecule has 0 aromatic heterocycles. The molecule has 0 unspecified atom stereocenters. The van der Waals surface area contributed by atoms with Crippen molar-refractivity contribution in [3.63, 3.8) is 0 Å². The molecule has 8 nitrogen and oxygen atoms in total. The summed E-state index contributed by atoms with van der Waals surface area (Å²) in [4.78, 5) is 8.13. The van der Waals surface area contributed by atoms with Crippen LogP contribution in [0.15, 0.2) is 9.98 Å². The maximum absolute atomic E-state index is 9.01. The van der Waals surface area contributed by atoms with Crippen molar-refractivity contribution in [1.82, 2.24) is 10.1 Å². The molecule has 0 aliphatic heterocycles. The van der Waals surface area contributed by atoms with Crippen molar-refractivity contribution >= 4 is 11.9 Å². The Labute approximate surface area is 146 Å². The number of rotatable bonds is 13. The second-order valence-corrected chi connectivity index (χ2v) is 6.06. The fraction of sp³-hybridized carbons (Fsp3) is 0.875. The summed E-state index contributed by atoms with van der Waals surface area (Å²) in [5.41, 5.74) is 11.0. The Morgan fingerprint density at radius 3 is 1.12 bits per heavy atom. The number of nitrogens with zero attached hydrogens (tertiary/aromatic N) is 4. The summed E-state index contributed by atoms with van der Waals surface area (Å²) in [6.07, 6.45) is 11.9. The van der Waals surface area contributed by atoms with Gasteiger partial charge < -0.3 is 11.5 Å². The summed E-state index contributed by atoms with van der Waals surface area (Å²) in [6, 6.07) is 0. The van der Waals surface area contributed by atoms with Crippen molar-refractivity contribution in [1.29, 1.82) is 0 Å². The molecule has 0 spiro atoms. The number of hydroxylamine groups is 4. The molecule has 0 aliphatic rings. The van der Waals surface area contributed by atoms with E-state index >= 15 is 0 Å². The number of unbranched alkanes of at least 4 members (excludes halogenated alkanes) is 9. The first-order chi connectivity index (χ1) is 11.4. The highest BCUT2D eigenvalue weighted by atomic mass is 16.5. The van der Waals surface area contributed by atoms with Gasteiger partial charge in [-0.2, -0.15) is 0 Å². The van der Waals surface area contributed by atoms with Gasteiger partial charge in [0.25, 0.3) is 0 Å². The normalized spacial score (nSPS) is 12.5. The fourth-order valence-electron chi connectivity index (χ4n) is 2.23. The molecule has 0 rings (SSSR count). The first kappa shape index (κ1) is 22.5. The molecular formula is C16H36N6O2. The van der Waals surface area contributed by atoms with Crippen molar-refractivity contribution in [3.8, 4) is 0 Å². The van der Waals surface area contributed by atoms with Gasteiger partial charge in [0, 0.05) is 27.2 Å². The highest BCUT2D eigenvalue weighted by molar-refractivity contribution is 5.76. The molecule has 0 aromatic carbocycles. The largest absolute Gasteiger partial charge is 0.368 e. The molecule has 0 saturated carbocycles. The summed E-state index contributed by atoms with van der Waals surface area (Å²) in [6.45, 7) is 1.35. The smallest absolute Gasteiger partial charge is 0.215 e. The van der Waals surface area contributed by atoms with Gasteiger partial charge in [-0.25, -0.2) is 10.1 Å². The standard InChI is InChI=1S/C16H36N6O2/c1-21(23)15(17)19-13-11-9-7-5-3-4-6-8-10-12-14-20-16(18)22(2)24/h23-24H,3-14H2,1-2H3,(H2,17,19)(H2,18,20). The topological polar surface area (TPSA) is 124 Å². The van der Waals surface area contributed by atoms with Crippen LogP contribution in [0.4, 0.5) is 0 Å². The van der Waals surface area contributed by atoms with Gasteiger partial charge in [-0.05, 0) is 12.8 Å². The van der Waals surface area contributed by atoms with Gasteiger partial charge >= 0.3 is 0 Å². The minimum atomic E-state index is 0.173. The van der Waals surface area contributed by atoms with E-state index in [1.54, 1.807) is 0 Å². The number of aliphatic imine (C=N–C) groups is 2. The lowest BCUT2D eigenvalue weighted by Gasteiger charge is -2.08. The van der Waals surface area contributed by atoms with Gasteiger partial charge in [0.15, 0.2) is 0 Å². The van der Waals surface area contributed by atoms with Crippen LogP contribution in [-0.2, 0) is 0 Å². The summed E-state index contributed by atoms with van der Waals surface area (Å²) < 4.78 is 0. The first-order valence-corrected chi connectivity index (χ1v) is 8.90. The van der Waals surface area contributed by atoms with E-state index in [-0.39, 0.29) is 11.9 Å². The molecule has 0 bridgehead atoms. The van der Waals surface area contributed by atoms with Gasteiger partial charge in [0.2, 0.25) is 11.9 Å². The van der Waals surface area contributed by atoms with Crippen molar-refractivity contribution in [2.24, 2.45) is 21.5 Å². The summed E-state index contributed by atoms with van der Waals surface area (Å²) in [7, 11) is 2.93. The maximum atomic E-state index is 9.01. The van der Waals surface area contributed by atoms with Crippen LogP contribution in [0.1, 0.15) is 64.2 Å². The van der Waals surface area contributed by atoms with Gasteiger partial charge in [-0.3, -0.25) is 20.4 Å². The number of hydrogen-bond acceptors (Lipinski definition) is 4. The van der Waals surface area contributed by atoms with E-state index in [1.165, 1.54) is 52.6 Å². The Kier molecular flexibility index (Phi) is 14.1. The van der Waals surface area contributed by atoms with Crippen LogP contribution in [0.2, 0.25) is 0 Å². The third-order valence-electron chi connectivity index (χ3n) is 3.78. The van der Waals surface area contributed by atoms with Crippen molar-refractivity contribution in [3.05, 3.63) is 0 Å². The van der Waals surface area contributed by atoms with Crippen LogP contribution in [0.25, 0.3) is 0 Å². The van der Waals surface area contributed by atoms with E-state index in [4.69, 9.17) is 21.9 Å². The fourth-order valence-corrected chi connectivity index (χ4v) is 2.23. The van der Waals surface area contributed by atoms with Crippen LogP contribution >= 0.6 is 0 Å².